The maximum atomic E-state index is 12.0. The average molecular weight is 295 g/mol. The van der Waals surface area contributed by atoms with Gasteiger partial charge in [-0.1, -0.05) is 18.0 Å². The summed E-state index contributed by atoms with van der Waals surface area (Å²) < 4.78 is 24.3. The van der Waals surface area contributed by atoms with E-state index in [0.29, 0.717) is 9.34 Å². The number of halogens is 1. The van der Waals surface area contributed by atoms with Gasteiger partial charge in [-0.3, -0.25) is 0 Å². The average Bonchev–Trinajstić information content (AvgIpc) is 2.63. The van der Waals surface area contributed by atoms with E-state index < -0.39 is 9.84 Å². The van der Waals surface area contributed by atoms with Crippen molar-refractivity contribution in [1.29, 1.82) is 0 Å². The number of nitrogens with one attached hydrogen (secondary N) is 1. The van der Waals surface area contributed by atoms with Gasteiger partial charge in [-0.15, -0.1) is 11.3 Å². The summed E-state index contributed by atoms with van der Waals surface area (Å²) in [4.78, 5) is 4.57. The molecule has 0 aliphatic carbocycles. The topological polar surface area (TPSA) is 59.1 Å². The molecular formula is C10H15ClN2O2S2. The number of piperidine rings is 1. The van der Waals surface area contributed by atoms with Gasteiger partial charge in [0.05, 0.1) is 11.5 Å². The number of sulfone groups is 1. The fourth-order valence-electron chi connectivity index (χ4n) is 2.00. The standard InChI is InChI=1S/C10H15ClN2O2S2/c11-10-13-5-9(16-10)7-17(14,15)6-8-3-1-2-4-12-8/h5,8,12H,1-4,6-7H2. The van der Waals surface area contributed by atoms with Crippen LogP contribution in [0.1, 0.15) is 24.1 Å². The molecule has 0 radical (unpaired) electrons. The smallest absolute Gasteiger partial charge is 0.183 e. The molecule has 1 fully saturated rings. The number of thiazole rings is 1. The van der Waals surface area contributed by atoms with E-state index in [1.54, 1.807) is 6.20 Å². The molecule has 1 N–H and O–H groups in total. The summed E-state index contributed by atoms with van der Waals surface area (Å²) in [7, 11) is -3.07. The number of aromatic nitrogens is 1. The van der Waals surface area contributed by atoms with Crippen molar-refractivity contribution < 1.29 is 8.42 Å². The maximum absolute atomic E-state index is 12.0. The van der Waals surface area contributed by atoms with Crippen LogP contribution in [-0.4, -0.2) is 31.7 Å². The summed E-state index contributed by atoms with van der Waals surface area (Å²) >= 11 is 6.91. The van der Waals surface area contributed by atoms with E-state index in [1.165, 1.54) is 11.3 Å². The van der Waals surface area contributed by atoms with E-state index in [9.17, 15) is 8.42 Å². The van der Waals surface area contributed by atoms with Crippen LogP contribution in [0.4, 0.5) is 0 Å². The van der Waals surface area contributed by atoms with Crippen LogP contribution < -0.4 is 5.32 Å². The van der Waals surface area contributed by atoms with Crippen molar-refractivity contribution in [1.82, 2.24) is 10.3 Å². The van der Waals surface area contributed by atoms with Crippen LogP contribution >= 0.6 is 22.9 Å². The van der Waals surface area contributed by atoms with E-state index in [4.69, 9.17) is 11.6 Å². The molecule has 2 heterocycles. The van der Waals surface area contributed by atoms with Gasteiger partial charge >= 0.3 is 0 Å². The second-order valence-electron chi connectivity index (χ2n) is 4.28. The summed E-state index contributed by atoms with van der Waals surface area (Å²) in [5, 5.41) is 3.25. The van der Waals surface area contributed by atoms with Crippen molar-refractivity contribution in [3.8, 4) is 0 Å². The number of nitrogens with zero attached hydrogens (tertiary/aromatic N) is 1. The van der Waals surface area contributed by atoms with E-state index in [2.05, 4.69) is 10.3 Å². The quantitative estimate of drug-likeness (QED) is 0.921. The van der Waals surface area contributed by atoms with Gasteiger partial charge in [-0.2, -0.15) is 0 Å². The first kappa shape index (κ1) is 13.3. The zero-order valence-electron chi connectivity index (χ0n) is 9.36. The Hall–Kier alpha value is -0.170. The van der Waals surface area contributed by atoms with Gasteiger partial charge in [0.25, 0.3) is 0 Å². The third kappa shape index (κ3) is 4.21. The molecular weight excluding hydrogens is 280 g/mol. The molecule has 1 aromatic heterocycles. The molecule has 1 aliphatic heterocycles. The van der Waals surface area contributed by atoms with Crippen molar-refractivity contribution in [3.05, 3.63) is 15.5 Å². The molecule has 96 valence electrons. The Morgan fingerprint density at radius 3 is 2.94 bits per heavy atom. The summed E-state index contributed by atoms with van der Waals surface area (Å²) in [6.07, 6.45) is 4.74. The molecule has 2 rings (SSSR count). The minimum absolute atomic E-state index is 0.0512. The Kier molecular flexibility index (Phi) is 4.41. The SMILES string of the molecule is O=S(=O)(Cc1cnc(Cl)s1)CC1CCCCN1. The van der Waals surface area contributed by atoms with Gasteiger partial charge in [0.1, 0.15) is 0 Å². The van der Waals surface area contributed by atoms with Crippen LogP contribution in [0.25, 0.3) is 0 Å². The lowest BCUT2D eigenvalue weighted by Crippen LogP contribution is -2.39. The molecule has 1 unspecified atom stereocenters. The van der Waals surface area contributed by atoms with Gasteiger partial charge in [-0.25, -0.2) is 13.4 Å². The zero-order valence-corrected chi connectivity index (χ0v) is 11.7. The minimum atomic E-state index is -3.07. The van der Waals surface area contributed by atoms with Crippen molar-refractivity contribution in [2.24, 2.45) is 0 Å². The second kappa shape index (κ2) is 5.65. The molecule has 0 bridgehead atoms. The Morgan fingerprint density at radius 2 is 2.35 bits per heavy atom. The van der Waals surface area contributed by atoms with E-state index in [-0.39, 0.29) is 17.5 Å². The molecule has 1 saturated heterocycles. The lowest BCUT2D eigenvalue weighted by Gasteiger charge is -2.22. The molecule has 4 nitrogen and oxygen atoms in total. The lowest BCUT2D eigenvalue weighted by molar-refractivity contribution is 0.423. The third-order valence-corrected chi connectivity index (χ3v) is 5.71. The van der Waals surface area contributed by atoms with Crippen LogP contribution in [-0.2, 0) is 15.6 Å². The molecule has 0 saturated carbocycles. The van der Waals surface area contributed by atoms with Crippen LogP contribution in [0.3, 0.4) is 0 Å². The Morgan fingerprint density at radius 1 is 1.53 bits per heavy atom. The summed E-state index contributed by atoms with van der Waals surface area (Å²) in [6, 6.07) is 0.108. The number of rotatable bonds is 4. The predicted octanol–water partition coefficient (Wildman–Crippen LogP) is 1.85. The van der Waals surface area contributed by atoms with Crippen molar-refractivity contribution in [2.45, 2.75) is 31.1 Å². The first-order chi connectivity index (χ1) is 8.05. The predicted molar refractivity (Wildman–Crippen MR) is 70.3 cm³/mol. The first-order valence-corrected chi connectivity index (χ1v) is 8.61. The number of hydrogen-bond acceptors (Lipinski definition) is 5. The molecule has 1 aliphatic rings. The zero-order chi connectivity index (χ0) is 12.3. The van der Waals surface area contributed by atoms with Crippen LogP contribution in [0.5, 0.6) is 0 Å². The van der Waals surface area contributed by atoms with Crippen molar-refractivity contribution in [3.63, 3.8) is 0 Å². The van der Waals surface area contributed by atoms with Gasteiger partial charge in [0.15, 0.2) is 14.3 Å². The third-order valence-electron chi connectivity index (χ3n) is 2.76. The van der Waals surface area contributed by atoms with Crippen LogP contribution in [0, 0.1) is 0 Å². The van der Waals surface area contributed by atoms with Gasteiger partial charge in [-0.05, 0) is 19.4 Å². The maximum Gasteiger partial charge on any atom is 0.183 e. The molecule has 0 amide bonds. The highest BCUT2D eigenvalue weighted by Crippen LogP contribution is 2.21. The molecule has 1 aromatic rings. The molecule has 0 aromatic carbocycles. The van der Waals surface area contributed by atoms with Gasteiger partial charge < -0.3 is 5.32 Å². The molecule has 17 heavy (non-hydrogen) atoms. The van der Waals surface area contributed by atoms with Crippen LogP contribution in [0.15, 0.2) is 6.20 Å². The molecule has 0 spiro atoms. The molecule has 7 heteroatoms. The summed E-state index contributed by atoms with van der Waals surface area (Å²) in [5.41, 5.74) is 0. The highest BCUT2D eigenvalue weighted by molar-refractivity contribution is 7.90. The van der Waals surface area contributed by atoms with Crippen LogP contribution in [0.2, 0.25) is 4.47 Å². The Balaban J connectivity index is 1.94. The molecule has 1 atom stereocenters. The first-order valence-electron chi connectivity index (χ1n) is 5.59. The normalized spacial score (nSPS) is 21.6. The number of hydrogen-bond donors (Lipinski definition) is 1. The lowest BCUT2D eigenvalue weighted by atomic mass is 10.1. The summed E-state index contributed by atoms with van der Waals surface area (Å²) in [6.45, 7) is 0.923. The Labute approximate surface area is 110 Å². The second-order valence-corrected chi connectivity index (χ2v) is 8.09. The van der Waals surface area contributed by atoms with E-state index in [1.807, 2.05) is 0 Å². The Bertz CT molecular complexity index is 466. The fourth-order valence-corrected chi connectivity index (χ4v) is 5.07. The monoisotopic (exact) mass is 294 g/mol. The van der Waals surface area contributed by atoms with Gasteiger partial charge in [0.2, 0.25) is 0 Å². The van der Waals surface area contributed by atoms with E-state index in [0.717, 1.165) is 25.8 Å². The highest BCUT2D eigenvalue weighted by atomic mass is 35.5. The fraction of sp³-hybridized carbons (Fsp3) is 0.700. The highest BCUT2D eigenvalue weighted by Gasteiger charge is 2.22. The van der Waals surface area contributed by atoms with E-state index >= 15 is 0 Å². The largest absolute Gasteiger partial charge is 0.313 e. The van der Waals surface area contributed by atoms with Crippen molar-refractivity contribution >= 4 is 32.8 Å². The minimum Gasteiger partial charge on any atom is -0.313 e. The van der Waals surface area contributed by atoms with Gasteiger partial charge in [0, 0.05) is 17.1 Å². The van der Waals surface area contributed by atoms with Crippen molar-refractivity contribution in [2.75, 3.05) is 12.3 Å². The summed E-state index contributed by atoms with van der Waals surface area (Å²) in [5.74, 6) is 0.262.